The highest BCUT2D eigenvalue weighted by Crippen LogP contribution is 2.37. The van der Waals surface area contributed by atoms with Crippen LogP contribution in [0.15, 0.2) is 11.1 Å². The summed E-state index contributed by atoms with van der Waals surface area (Å²) >= 11 is 0. The molecule has 0 radical (unpaired) electrons. The molecule has 0 amide bonds. The largest absolute Gasteiger partial charge is 0.0776 e. The van der Waals surface area contributed by atoms with E-state index in [1.165, 1.54) is 19.3 Å². The van der Waals surface area contributed by atoms with E-state index in [1.807, 2.05) is 0 Å². The lowest BCUT2D eigenvalue weighted by atomic mass is 9.88. The number of hydrogen-bond donors (Lipinski definition) is 0. The third-order valence-electron chi connectivity index (χ3n) is 2.86. The molecule has 0 saturated heterocycles. The normalized spacial score (nSPS) is 22.8. The van der Waals surface area contributed by atoms with Crippen LogP contribution in [0.4, 0.5) is 0 Å². The fourth-order valence-corrected chi connectivity index (χ4v) is 2.23. The number of allylic oxidation sites excluding steroid dienone is 2. The van der Waals surface area contributed by atoms with Crippen molar-refractivity contribution in [3.05, 3.63) is 11.1 Å². The van der Waals surface area contributed by atoms with Crippen molar-refractivity contribution in [2.75, 3.05) is 0 Å². The first-order valence-electron chi connectivity index (χ1n) is 4.79. The van der Waals surface area contributed by atoms with E-state index >= 15 is 0 Å². The molecule has 1 aliphatic carbocycles. The van der Waals surface area contributed by atoms with Gasteiger partial charge in [-0.2, -0.15) is 0 Å². The molecule has 1 rings (SSSR count). The van der Waals surface area contributed by atoms with Gasteiger partial charge in [0.1, 0.15) is 0 Å². The van der Waals surface area contributed by atoms with Crippen molar-refractivity contribution in [1.29, 1.82) is 0 Å². The zero-order valence-corrected chi connectivity index (χ0v) is 8.28. The minimum absolute atomic E-state index is 0. The maximum atomic E-state index is 2.35. The van der Waals surface area contributed by atoms with Gasteiger partial charge in [-0.05, 0) is 44.9 Å². The predicted molar refractivity (Wildman–Crippen MR) is 57.3 cm³/mol. The zero-order chi connectivity index (χ0) is 8.43. The van der Waals surface area contributed by atoms with Gasteiger partial charge in [0.15, 0.2) is 0 Å². The average molecular weight is 168 g/mol. The first-order valence-corrected chi connectivity index (χ1v) is 4.79. The van der Waals surface area contributed by atoms with Gasteiger partial charge in [-0.1, -0.05) is 32.4 Å². The molecule has 0 spiro atoms. The van der Waals surface area contributed by atoms with Gasteiger partial charge < -0.3 is 0 Å². The highest BCUT2D eigenvalue weighted by molar-refractivity contribution is 5.17. The average Bonchev–Trinajstić information content (AvgIpc) is 2.32. The van der Waals surface area contributed by atoms with Crippen LogP contribution in [-0.2, 0) is 0 Å². The minimum atomic E-state index is 0. The van der Waals surface area contributed by atoms with Crippen molar-refractivity contribution in [1.82, 2.24) is 0 Å². The molecule has 0 unspecified atom stereocenters. The maximum absolute atomic E-state index is 2.35. The number of rotatable bonds is 1. The van der Waals surface area contributed by atoms with Gasteiger partial charge in [0.25, 0.3) is 0 Å². The van der Waals surface area contributed by atoms with Gasteiger partial charge in [-0.3, -0.25) is 0 Å². The molecule has 0 aromatic carbocycles. The van der Waals surface area contributed by atoms with Crippen LogP contribution in [0.25, 0.3) is 0 Å². The molecule has 0 N–H and O–H groups in total. The molecular formula is C12H24. The molecule has 12 heavy (non-hydrogen) atoms. The van der Waals surface area contributed by atoms with Gasteiger partial charge >= 0.3 is 0 Å². The van der Waals surface area contributed by atoms with Crippen LogP contribution in [-0.4, -0.2) is 0 Å². The van der Waals surface area contributed by atoms with Crippen molar-refractivity contribution >= 4 is 0 Å². The molecule has 0 bridgehead atoms. The van der Waals surface area contributed by atoms with Gasteiger partial charge in [0.2, 0.25) is 0 Å². The maximum Gasteiger partial charge on any atom is -0.0178 e. The van der Waals surface area contributed by atoms with Gasteiger partial charge in [-0.15, -0.1) is 0 Å². The Hall–Kier alpha value is -0.260. The molecule has 0 aromatic heterocycles. The summed E-state index contributed by atoms with van der Waals surface area (Å²) in [7, 11) is 0. The highest BCUT2D eigenvalue weighted by Gasteiger charge is 2.23. The van der Waals surface area contributed by atoms with Crippen molar-refractivity contribution in [3.8, 4) is 0 Å². The predicted octanol–water partition coefficient (Wildman–Crippen LogP) is 4.42. The Kier molecular flexibility index (Phi) is 4.59. The van der Waals surface area contributed by atoms with Crippen LogP contribution in [0, 0.1) is 11.8 Å². The lowest BCUT2D eigenvalue weighted by Crippen LogP contribution is -2.06. The van der Waals surface area contributed by atoms with E-state index in [4.69, 9.17) is 0 Å². The van der Waals surface area contributed by atoms with Gasteiger partial charge in [-0.25, -0.2) is 0 Å². The molecule has 0 aliphatic heterocycles. The topological polar surface area (TPSA) is 0 Å². The molecule has 0 nitrogen and oxygen atoms in total. The van der Waals surface area contributed by atoms with E-state index in [2.05, 4.69) is 27.7 Å². The number of hydrogen-bond acceptors (Lipinski definition) is 0. The van der Waals surface area contributed by atoms with E-state index in [0.29, 0.717) is 0 Å². The standard InChI is InChI=1S/C11H20.CH4/c1-8(2)10-6-5-7-11(10)9(3)4;/h8,10H,5-7H2,1-4H3;1H4/t10-;/m0./s1. The Morgan fingerprint density at radius 2 is 1.92 bits per heavy atom. The summed E-state index contributed by atoms with van der Waals surface area (Å²) in [6, 6.07) is 0. The SMILES string of the molecule is C.CC(C)=C1CCC[C@H]1C(C)C. The van der Waals surface area contributed by atoms with Crippen LogP contribution < -0.4 is 0 Å². The summed E-state index contributed by atoms with van der Waals surface area (Å²) in [5, 5.41) is 0. The molecular weight excluding hydrogens is 144 g/mol. The Morgan fingerprint density at radius 1 is 1.33 bits per heavy atom. The second-order valence-electron chi connectivity index (χ2n) is 4.27. The van der Waals surface area contributed by atoms with Crippen molar-refractivity contribution in [2.45, 2.75) is 54.4 Å². The van der Waals surface area contributed by atoms with Crippen LogP contribution in [0.1, 0.15) is 54.4 Å². The molecule has 1 atom stereocenters. The summed E-state index contributed by atoms with van der Waals surface area (Å²) in [6.07, 6.45) is 4.22. The second-order valence-corrected chi connectivity index (χ2v) is 4.27. The Labute approximate surface area is 78.1 Å². The molecule has 1 fully saturated rings. The summed E-state index contributed by atoms with van der Waals surface area (Å²) in [6.45, 7) is 9.21. The first kappa shape index (κ1) is 11.7. The second kappa shape index (κ2) is 4.69. The monoisotopic (exact) mass is 168 g/mol. The third-order valence-corrected chi connectivity index (χ3v) is 2.86. The first-order chi connectivity index (χ1) is 5.13. The summed E-state index contributed by atoms with van der Waals surface area (Å²) in [4.78, 5) is 0. The highest BCUT2D eigenvalue weighted by atomic mass is 14.3. The molecule has 0 aromatic rings. The van der Waals surface area contributed by atoms with Crippen LogP contribution in [0.5, 0.6) is 0 Å². The minimum Gasteiger partial charge on any atom is -0.0776 e. The van der Waals surface area contributed by atoms with E-state index in [9.17, 15) is 0 Å². The molecule has 72 valence electrons. The van der Waals surface area contributed by atoms with E-state index in [-0.39, 0.29) is 7.43 Å². The molecule has 1 saturated carbocycles. The fraction of sp³-hybridized carbons (Fsp3) is 0.833. The van der Waals surface area contributed by atoms with E-state index in [0.717, 1.165) is 11.8 Å². The fourth-order valence-electron chi connectivity index (χ4n) is 2.23. The van der Waals surface area contributed by atoms with E-state index in [1.54, 1.807) is 11.1 Å². The van der Waals surface area contributed by atoms with E-state index < -0.39 is 0 Å². The smallest absolute Gasteiger partial charge is 0.0178 e. The van der Waals surface area contributed by atoms with Crippen molar-refractivity contribution in [3.63, 3.8) is 0 Å². The van der Waals surface area contributed by atoms with Gasteiger partial charge in [0.05, 0.1) is 0 Å². The van der Waals surface area contributed by atoms with Crippen molar-refractivity contribution < 1.29 is 0 Å². The lowest BCUT2D eigenvalue weighted by molar-refractivity contribution is 0.450. The van der Waals surface area contributed by atoms with Crippen LogP contribution in [0.3, 0.4) is 0 Å². The third kappa shape index (κ3) is 2.36. The van der Waals surface area contributed by atoms with Gasteiger partial charge in [0, 0.05) is 0 Å². The molecule has 0 heterocycles. The Bertz CT molecular complexity index is 159. The lowest BCUT2D eigenvalue weighted by Gasteiger charge is -2.17. The quantitative estimate of drug-likeness (QED) is 0.509. The summed E-state index contributed by atoms with van der Waals surface area (Å²) in [5.41, 5.74) is 3.32. The van der Waals surface area contributed by atoms with Crippen LogP contribution >= 0.6 is 0 Å². The Morgan fingerprint density at radius 3 is 2.25 bits per heavy atom. The molecule has 1 aliphatic rings. The summed E-state index contributed by atoms with van der Waals surface area (Å²) < 4.78 is 0. The zero-order valence-electron chi connectivity index (χ0n) is 8.28. The molecule has 0 heteroatoms. The Balaban J connectivity index is 0.00000121. The van der Waals surface area contributed by atoms with Crippen molar-refractivity contribution in [2.24, 2.45) is 11.8 Å². The van der Waals surface area contributed by atoms with Crippen LogP contribution in [0.2, 0.25) is 0 Å². The summed E-state index contributed by atoms with van der Waals surface area (Å²) in [5.74, 6) is 1.75.